The Kier molecular flexibility index (Phi) is 4.91. The molecule has 1 aromatic rings. The van der Waals surface area contributed by atoms with E-state index in [1.165, 1.54) is 0 Å². The molecule has 0 aromatic heterocycles. The third-order valence-electron chi connectivity index (χ3n) is 2.03. The van der Waals surface area contributed by atoms with E-state index in [9.17, 15) is 0 Å². The van der Waals surface area contributed by atoms with E-state index in [2.05, 4.69) is 15.9 Å². The number of hydrogen-bond acceptors (Lipinski definition) is 3. The summed E-state index contributed by atoms with van der Waals surface area (Å²) in [5, 5.41) is 0. The molecule has 0 aliphatic carbocycles. The molecule has 0 unspecified atom stereocenters. The van der Waals surface area contributed by atoms with Gasteiger partial charge in [-0.2, -0.15) is 0 Å². The SMILES string of the molecule is CCOc1c(Br)cc(OC)cc1CCN. The van der Waals surface area contributed by atoms with Crippen LogP contribution >= 0.6 is 15.9 Å². The smallest absolute Gasteiger partial charge is 0.136 e. The van der Waals surface area contributed by atoms with Crippen molar-refractivity contribution in [2.24, 2.45) is 5.73 Å². The fourth-order valence-electron chi connectivity index (χ4n) is 1.39. The van der Waals surface area contributed by atoms with Gasteiger partial charge in [0, 0.05) is 5.56 Å². The lowest BCUT2D eigenvalue weighted by Crippen LogP contribution is -2.06. The normalized spacial score (nSPS) is 10.1. The average Bonchev–Trinajstić information content (AvgIpc) is 2.23. The monoisotopic (exact) mass is 273 g/mol. The highest BCUT2D eigenvalue weighted by Crippen LogP contribution is 2.33. The third kappa shape index (κ3) is 3.11. The molecule has 15 heavy (non-hydrogen) atoms. The molecule has 1 rings (SSSR count). The average molecular weight is 274 g/mol. The zero-order chi connectivity index (χ0) is 11.3. The summed E-state index contributed by atoms with van der Waals surface area (Å²) in [7, 11) is 1.65. The van der Waals surface area contributed by atoms with Gasteiger partial charge in [-0.3, -0.25) is 0 Å². The molecule has 0 atom stereocenters. The van der Waals surface area contributed by atoms with Crippen LogP contribution in [0.15, 0.2) is 16.6 Å². The van der Waals surface area contributed by atoms with Gasteiger partial charge in [0.05, 0.1) is 18.2 Å². The Bertz CT molecular complexity index is 329. The van der Waals surface area contributed by atoms with Gasteiger partial charge < -0.3 is 15.2 Å². The van der Waals surface area contributed by atoms with E-state index < -0.39 is 0 Å². The molecule has 0 saturated carbocycles. The van der Waals surface area contributed by atoms with E-state index in [4.69, 9.17) is 15.2 Å². The number of benzene rings is 1. The van der Waals surface area contributed by atoms with Crippen LogP contribution in [0.4, 0.5) is 0 Å². The highest BCUT2D eigenvalue weighted by Gasteiger charge is 2.10. The minimum absolute atomic E-state index is 0.597. The van der Waals surface area contributed by atoms with Crippen LogP contribution < -0.4 is 15.2 Å². The number of rotatable bonds is 5. The Labute approximate surface area is 98.7 Å². The summed E-state index contributed by atoms with van der Waals surface area (Å²) in [6.07, 6.45) is 0.783. The zero-order valence-corrected chi connectivity index (χ0v) is 10.6. The second-order valence-electron chi connectivity index (χ2n) is 3.07. The minimum Gasteiger partial charge on any atom is -0.497 e. The fourth-order valence-corrected chi connectivity index (χ4v) is 1.98. The van der Waals surface area contributed by atoms with Crippen LogP contribution in [0, 0.1) is 0 Å². The van der Waals surface area contributed by atoms with Gasteiger partial charge in [0.2, 0.25) is 0 Å². The summed E-state index contributed by atoms with van der Waals surface area (Å²) < 4.78 is 11.7. The van der Waals surface area contributed by atoms with Gasteiger partial charge in [-0.25, -0.2) is 0 Å². The molecule has 0 heterocycles. The van der Waals surface area contributed by atoms with Gasteiger partial charge in [0.15, 0.2) is 0 Å². The van der Waals surface area contributed by atoms with E-state index in [-0.39, 0.29) is 0 Å². The van der Waals surface area contributed by atoms with Gasteiger partial charge >= 0.3 is 0 Å². The van der Waals surface area contributed by atoms with Crippen LogP contribution in [-0.4, -0.2) is 20.3 Å². The van der Waals surface area contributed by atoms with Crippen molar-refractivity contribution < 1.29 is 9.47 Å². The van der Waals surface area contributed by atoms with Gasteiger partial charge in [-0.05, 0) is 48.0 Å². The van der Waals surface area contributed by atoms with Crippen molar-refractivity contribution in [3.05, 3.63) is 22.2 Å². The summed E-state index contributed by atoms with van der Waals surface area (Å²) in [5.41, 5.74) is 6.63. The maximum absolute atomic E-state index is 5.56. The highest BCUT2D eigenvalue weighted by atomic mass is 79.9. The van der Waals surface area contributed by atoms with Crippen molar-refractivity contribution in [3.8, 4) is 11.5 Å². The van der Waals surface area contributed by atoms with Crippen LogP contribution in [0.2, 0.25) is 0 Å². The van der Waals surface area contributed by atoms with E-state index in [1.54, 1.807) is 7.11 Å². The third-order valence-corrected chi connectivity index (χ3v) is 2.62. The Balaban J connectivity index is 3.10. The van der Waals surface area contributed by atoms with Crippen LogP contribution in [0.25, 0.3) is 0 Å². The fraction of sp³-hybridized carbons (Fsp3) is 0.455. The predicted molar refractivity (Wildman–Crippen MR) is 64.6 cm³/mol. The second-order valence-corrected chi connectivity index (χ2v) is 3.92. The Morgan fingerprint density at radius 3 is 2.67 bits per heavy atom. The molecule has 0 aliphatic heterocycles. The number of methoxy groups -OCH3 is 1. The van der Waals surface area contributed by atoms with Gasteiger partial charge in [0.1, 0.15) is 11.5 Å². The van der Waals surface area contributed by atoms with Crippen molar-refractivity contribution in [1.82, 2.24) is 0 Å². The van der Waals surface area contributed by atoms with E-state index in [0.29, 0.717) is 13.2 Å². The van der Waals surface area contributed by atoms with Crippen molar-refractivity contribution in [2.75, 3.05) is 20.3 Å². The molecular formula is C11H16BrNO2. The maximum atomic E-state index is 5.56. The summed E-state index contributed by atoms with van der Waals surface area (Å²) >= 11 is 3.46. The topological polar surface area (TPSA) is 44.5 Å². The number of halogens is 1. The quantitative estimate of drug-likeness (QED) is 0.896. The Morgan fingerprint density at radius 2 is 2.13 bits per heavy atom. The number of ether oxygens (including phenoxy) is 2. The molecule has 1 aromatic carbocycles. The number of nitrogens with two attached hydrogens (primary N) is 1. The summed E-state index contributed by atoms with van der Waals surface area (Å²) in [5.74, 6) is 1.68. The Hall–Kier alpha value is -0.740. The molecule has 0 fully saturated rings. The molecule has 0 aliphatic rings. The van der Waals surface area contributed by atoms with Crippen LogP contribution in [0.5, 0.6) is 11.5 Å². The first-order valence-electron chi connectivity index (χ1n) is 4.92. The second kappa shape index (κ2) is 5.98. The van der Waals surface area contributed by atoms with Crippen molar-refractivity contribution >= 4 is 15.9 Å². The van der Waals surface area contributed by atoms with E-state index in [1.807, 2.05) is 19.1 Å². The molecule has 0 bridgehead atoms. The summed E-state index contributed by atoms with van der Waals surface area (Å²) in [6, 6.07) is 3.85. The Morgan fingerprint density at radius 1 is 1.40 bits per heavy atom. The molecule has 84 valence electrons. The molecule has 0 amide bonds. The standard InChI is InChI=1S/C11H16BrNO2/c1-3-15-11-8(4-5-13)6-9(14-2)7-10(11)12/h6-7H,3-5,13H2,1-2H3. The van der Waals surface area contributed by atoms with Gasteiger partial charge in [-0.15, -0.1) is 0 Å². The molecule has 0 spiro atoms. The molecule has 3 nitrogen and oxygen atoms in total. The predicted octanol–water partition coefficient (Wildman–Crippen LogP) is 2.36. The maximum Gasteiger partial charge on any atom is 0.136 e. The zero-order valence-electron chi connectivity index (χ0n) is 9.05. The van der Waals surface area contributed by atoms with Crippen molar-refractivity contribution in [2.45, 2.75) is 13.3 Å². The first-order chi connectivity index (χ1) is 7.22. The van der Waals surface area contributed by atoms with E-state index in [0.717, 1.165) is 28.0 Å². The summed E-state index contributed by atoms with van der Waals surface area (Å²) in [6.45, 7) is 3.20. The molecule has 0 saturated heterocycles. The lowest BCUT2D eigenvalue weighted by atomic mass is 10.1. The lowest BCUT2D eigenvalue weighted by Gasteiger charge is -2.13. The molecule has 2 N–H and O–H groups in total. The number of hydrogen-bond donors (Lipinski definition) is 1. The van der Waals surface area contributed by atoms with Crippen molar-refractivity contribution in [3.63, 3.8) is 0 Å². The summed E-state index contributed by atoms with van der Waals surface area (Å²) in [4.78, 5) is 0. The van der Waals surface area contributed by atoms with Gasteiger partial charge in [-0.1, -0.05) is 0 Å². The highest BCUT2D eigenvalue weighted by molar-refractivity contribution is 9.10. The van der Waals surface area contributed by atoms with Crippen molar-refractivity contribution in [1.29, 1.82) is 0 Å². The minimum atomic E-state index is 0.597. The van der Waals surface area contributed by atoms with Gasteiger partial charge in [0.25, 0.3) is 0 Å². The lowest BCUT2D eigenvalue weighted by molar-refractivity contribution is 0.333. The van der Waals surface area contributed by atoms with Crippen LogP contribution in [0.1, 0.15) is 12.5 Å². The molecule has 4 heteroatoms. The first-order valence-corrected chi connectivity index (χ1v) is 5.71. The largest absolute Gasteiger partial charge is 0.497 e. The van der Waals surface area contributed by atoms with Crippen LogP contribution in [-0.2, 0) is 6.42 Å². The molecule has 0 radical (unpaired) electrons. The van der Waals surface area contributed by atoms with E-state index >= 15 is 0 Å². The molecular weight excluding hydrogens is 258 g/mol. The first kappa shape index (κ1) is 12.3. The van der Waals surface area contributed by atoms with Crippen LogP contribution in [0.3, 0.4) is 0 Å².